The highest BCUT2D eigenvalue weighted by atomic mass is 32.1. The lowest BCUT2D eigenvalue weighted by atomic mass is 9.74. The zero-order valence-electron chi connectivity index (χ0n) is 16.7. The average Bonchev–Trinajstić information content (AvgIpc) is 3.18. The van der Waals surface area contributed by atoms with Crippen LogP contribution in [0.2, 0.25) is 0 Å². The van der Waals surface area contributed by atoms with Crippen molar-refractivity contribution in [1.29, 1.82) is 0 Å². The summed E-state index contributed by atoms with van der Waals surface area (Å²) in [7, 11) is 0. The lowest BCUT2D eigenvalue weighted by Crippen LogP contribution is -2.65. The Bertz CT molecular complexity index is 928. The molecular formula is C20H25N5O4S. The molecule has 160 valence electrons. The van der Waals surface area contributed by atoms with Gasteiger partial charge in [-0.1, -0.05) is 11.3 Å². The fourth-order valence-electron chi connectivity index (χ4n) is 4.21. The Morgan fingerprint density at radius 3 is 2.77 bits per heavy atom. The molecule has 4 rings (SSSR count). The number of carbonyl (C=O) groups is 2. The third kappa shape index (κ3) is 4.03. The molecule has 0 radical (unpaired) electrons. The fraction of sp³-hybridized carbons (Fsp3) is 0.500. The maximum Gasteiger partial charge on any atom is 0.265 e. The van der Waals surface area contributed by atoms with Crippen LogP contribution in [0.1, 0.15) is 46.2 Å². The molecule has 0 unspecified atom stereocenters. The molecule has 1 spiro atoms. The van der Waals surface area contributed by atoms with Crippen LogP contribution in [0.3, 0.4) is 0 Å². The molecule has 0 aromatic carbocycles. The van der Waals surface area contributed by atoms with Crippen LogP contribution in [0.5, 0.6) is 0 Å². The van der Waals surface area contributed by atoms with Gasteiger partial charge >= 0.3 is 0 Å². The zero-order chi connectivity index (χ0) is 21.4. The molecule has 2 aromatic rings. The van der Waals surface area contributed by atoms with Crippen LogP contribution in [0.15, 0.2) is 30.7 Å². The van der Waals surface area contributed by atoms with Gasteiger partial charge in [0.15, 0.2) is 5.13 Å². The van der Waals surface area contributed by atoms with E-state index in [1.54, 1.807) is 23.2 Å². The van der Waals surface area contributed by atoms with Crippen molar-refractivity contribution in [2.24, 2.45) is 0 Å². The van der Waals surface area contributed by atoms with Gasteiger partial charge in [0.1, 0.15) is 11.0 Å². The summed E-state index contributed by atoms with van der Waals surface area (Å²) in [5, 5.41) is 13.9. The summed E-state index contributed by atoms with van der Waals surface area (Å²) < 4.78 is 6.06. The molecule has 0 saturated carbocycles. The van der Waals surface area contributed by atoms with E-state index in [4.69, 9.17) is 10.5 Å². The standard InChI is InChI=1S/C20H25N5O4S/c1-19(24-16(27)13-3-2-6-22-9-13)12-20(29-11-15(19)26)4-7-25(8-5-20)17(28)14-10-23-18(21)30-14/h2-3,6,9-10,15,26H,4-5,7-8,11-12H2,1H3,(H2,21,23)(H,24,27)/t15-,19-/m0/s1. The van der Waals surface area contributed by atoms with E-state index in [2.05, 4.69) is 15.3 Å². The van der Waals surface area contributed by atoms with Crippen molar-refractivity contribution in [2.75, 3.05) is 25.4 Å². The van der Waals surface area contributed by atoms with Gasteiger partial charge in [-0.2, -0.15) is 0 Å². The first kappa shape index (κ1) is 20.7. The quantitative estimate of drug-likeness (QED) is 0.662. The van der Waals surface area contributed by atoms with Crippen LogP contribution in [0.25, 0.3) is 0 Å². The van der Waals surface area contributed by atoms with E-state index in [-0.39, 0.29) is 18.4 Å². The molecule has 2 atom stereocenters. The highest BCUT2D eigenvalue weighted by Gasteiger charge is 2.50. The van der Waals surface area contributed by atoms with Gasteiger partial charge in [0, 0.05) is 31.9 Å². The first-order valence-electron chi connectivity index (χ1n) is 9.85. The Kier molecular flexibility index (Phi) is 5.48. The van der Waals surface area contributed by atoms with Crippen LogP contribution in [0.4, 0.5) is 5.13 Å². The molecular weight excluding hydrogens is 406 g/mol. The van der Waals surface area contributed by atoms with Crippen molar-refractivity contribution in [2.45, 2.75) is 43.4 Å². The topological polar surface area (TPSA) is 131 Å². The summed E-state index contributed by atoms with van der Waals surface area (Å²) in [5.74, 6) is -0.361. The molecule has 30 heavy (non-hydrogen) atoms. The van der Waals surface area contributed by atoms with Crippen LogP contribution >= 0.6 is 11.3 Å². The number of hydrogen-bond donors (Lipinski definition) is 3. The number of carbonyl (C=O) groups excluding carboxylic acids is 2. The molecule has 0 aliphatic carbocycles. The SMILES string of the molecule is C[C@]1(NC(=O)c2cccnc2)CC2(CCN(C(=O)c3cnc(N)s3)CC2)OC[C@@H]1O. The summed E-state index contributed by atoms with van der Waals surface area (Å²) >= 11 is 1.18. The Morgan fingerprint density at radius 2 is 2.13 bits per heavy atom. The highest BCUT2D eigenvalue weighted by Crippen LogP contribution is 2.40. The van der Waals surface area contributed by atoms with E-state index < -0.39 is 17.2 Å². The number of ether oxygens (including phenoxy) is 1. The smallest absolute Gasteiger partial charge is 0.265 e. The van der Waals surface area contributed by atoms with E-state index in [1.165, 1.54) is 23.7 Å². The number of anilines is 1. The van der Waals surface area contributed by atoms with Gasteiger partial charge in [-0.25, -0.2) is 4.98 Å². The van der Waals surface area contributed by atoms with Gasteiger partial charge in [-0.3, -0.25) is 14.6 Å². The van der Waals surface area contributed by atoms with Crippen molar-refractivity contribution >= 4 is 28.3 Å². The molecule has 2 amide bonds. The first-order chi connectivity index (χ1) is 14.3. The highest BCUT2D eigenvalue weighted by molar-refractivity contribution is 7.17. The summed E-state index contributed by atoms with van der Waals surface area (Å²) in [6.07, 6.45) is 5.48. The number of piperidine rings is 1. The number of likely N-dealkylation sites (tertiary alicyclic amines) is 1. The minimum absolute atomic E-state index is 0.0810. The molecule has 2 aromatic heterocycles. The molecule has 0 bridgehead atoms. The van der Waals surface area contributed by atoms with E-state index in [0.29, 0.717) is 47.9 Å². The second-order valence-electron chi connectivity index (χ2n) is 8.15. The number of pyridine rings is 1. The third-order valence-corrected chi connectivity index (χ3v) is 6.81. The number of aromatic nitrogens is 2. The van der Waals surface area contributed by atoms with Gasteiger partial charge in [-0.15, -0.1) is 0 Å². The second kappa shape index (κ2) is 7.93. The van der Waals surface area contributed by atoms with Gasteiger partial charge < -0.3 is 25.8 Å². The van der Waals surface area contributed by atoms with Gasteiger partial charge in [0.05, 0.1) is 29.5 Å². The molecule has 2 aliphatic rings. The maximum absolute atomic E-state index is 12.7. The Hall–Kier alpha value is -2.56. The van der Waals surface area contributed by atoms with Crippen LogP contribution in [-0.4, -0.2) is 68.7 Å². The zero-order valence-corrected chi connectivity index (χ0v) is 17.5. The van der Waals surface area contributed by atoms with Crippen molar-refractivity contribution in [3.63, 3.8) is 0 Å². The fourth-order valence-corrected chi connectivity index (χ4v) is 4.87. The normalized spacial score (nSPS) is 25.8. The van der Waals surface area contributed by atoms with E-state index in [0.717, 1.165) is 0 Å². The predicted molar refractivity (Wildman–Crippen MR) is 111 cm³/mol. The molecule has 2 saturated heterocycles. The largest absolute Gasteiger partial charge is 0.388 e. The summed E-state index contributed by atoms with van der Waals surface area (Å²) in [5.41, 5.74) is 4.73. The van der Waals surface area contributed by atoms with Crippen molar-refractivity contribution in [3.8, 4) is 0 Å². The monoisotopic (exact) mass is 431 g/mol. The molecule has 9 nitrogen and oxygen atoms in total. The Balaban J connectivity index is 1.43. The number of thiazole rings is 1. The predicted octanol–water partition coefficient (Wildman–Crippen LogP) is 1.06. The number of nitrogen functional groups attached to an aromatic ring is 1. The summed E-state index contributed by atoms with van der Waals surface area (Å²) in [6.45, 7) is 3.02. The van der Waals surface area contributed by atoms with Gasteiger partial charge in [0.2, 0.25) is 0 Å². The minimum atomic E-state index is -0.844. The van der Waals surface area contributed by atoms with Crippen molar-refractivity contribution in [1.82, 2.24) is 20.2 Å². The van der Waals surface area contributed by atoms with E-state index in [1.807, 2.05) is 6.92 Å². The number of aliphatic hydroxyl groups excluding tert-OH is 1. The third-order valence-electron chi connectivity index (χ3n) is 5.99. The molecule has 2 fully saturated rings. The number of nitrogens with two attached hydrogens (primary N) is 1. The van der Waals surface area contributed by atoms with Crippen molar-refractivity contribution < 1.29 is 19.4 Å². The number of nitrogens with one attached hydrogen (secondary N) is 1. The number of nitrogens with zero attached hydrogens (tertiary/aromatic N) is 3. The minimum Gasteiger partial charge on any atom is -0.388 e. The molecule has 10 heteroatoms. The molecule has 4 N–H and O–H groups in total. The maximum atomic E-state index is 12.7. The Labute approximate surface area is 178 Å². The second-order valence-corrected chi connectivity index (χ2v) is 9.22. The molecule has 2 aliphatic heterocycles. The molecule has 4 heterocycles. The van der Waals surface area contributed by atoms with E-state index in [9.17, 15) is 14.7 Å². The average molecular weight is 432 g/mol. The number of aliphatic hydroxyl groups is 1. The lowest BCUT2D eigenvalue weighted by Gasteiger charge is -2.51. The first-order valence-corrected chi connectivity index (χ1v) is 10.7. The summed E-state index contributed by atoms with van der Waals surface area (Å²) in [6, 6.07) is 3.38. The summed E-state index contributed by atoms with van der Waals surface area (Å²) in [4.78, 5) is 35.6. The van der Waals surface area contributed by atoms with Gasteiger partial charge in [-0.05, 0) is 31.9 Å². The number of hydrogen-bond acceptors (Lipinski definition) is 8. The van der Waals surface area contributed by atoms with Gasteiger partial charge in [0.25, 0.3) is 11.8 Å². The van der Waals surface area contributed by atoms with E-state index >= 15 is 0 Å². The van der Waals surface area contributed by atoms with Crippen LogP contribution in [-0.2, 0) is 4.74 Å². The van der Waals surface area contributed by atoms with Crippen LogP contribution < -0.4 is 11.1 Å². The van der Waals surface area contributed by atoms with Crippen LogP contribution in [0, 0.1) is 0 Å². The Morgan fingerprint density at radius 1 is 1.37 bits per heavy atom. The number of rotatable bonds is 3. The lowest BCUT2D eigenvalue weighted by molar-refractivity contribution is -0.175. The number of amides is 2. The van der Waals surface area contributed by atoms with Crippen molar-refractivity contribution in [3.05, 3.63) is 41.2 Å².